The molecule has 134 valence electrons. The highest BCUT2D eigenvalue weighted by atomic mass is 19.1. The van der Waals surface area contributed by atoms with E-state index in [0.717, 1.165) is 11.1 Å². The van der Waals surface area contributed by atoms with Crippen molar-refractivity contribution in [2.45, 2.75) is 26.7 Å². The van der Waals surface area contributed by atoms with Crippen LogP contribution >= 0.6 is 0 Å². The van der Waals surface area contributed by atoms with Crippen molar-refractivity contribution in [3.05, 3.63) is 75.3 Å². The van der Waals surface area contributed by atoms with E-state index in [4.69, 9.17) is 0 Å². The van der Waals surface area contributed by atoms with Gasteiger partial charge in [-0.1, -0.05) is 32.0 Å². The Hall–Kier alpha value is -2.95. The van der Waals surface area contributed by atoms with E-state index in [1.807, 2.05) is 39.0 Å². The second kappa shape index (κ2) is 6.75. The second-order valence-electron chi connectivity index (χ2n) is 6.79. The number of halogens is 1. The molecule has 0 aliphatic rings. The summed E-state index contributed by atoms with van der Waals surface area (Å²) >= 11 is 0. The predicted octanol–water partition coefficient (Wildman–Crippen LogP) is 4.36. The van der Waals surface area contributed by atoms with E-state index in [2.05, 4.69) is 5.32 Å². The fourth-order valence-electron chi connectivity index (χ4n) is 3.15. The monoisotopic (exact) mass is 352 g/mol. The summed E-state index contributed by atoms with van der Waals surface area (Å²) in [6.45, 7) is 6.00. The van der Waals surface area contributed by atoms with Gasteiger partial charge in [0.05, 0.1) is 5.52 Å². The van der Waals surface area contributed by atoms with Crippen molar-refractivity contribution in [2.24, 2.45) is 7.05 Å². The lowest BCUT2D eigenvalue weighted by molar-refractivity contribution is 0.102. The van der Waals surface area contributed by atoms with Gasteiger partial charge in [-0.05, 0) is 42.2 Å². The zero-order valence-corrected chi connectivity index (χ0v) is 15.3. The number of aryl methyl sites for hydroxylation is 2. The van der Waals surface area contributed by atoms with Crippen LogP contribution < -0.4 is 10.7 Å². The lowest BCUT2D eigenvalue weighted by Crippen LogP contribution is -2.24. The molecule has 1 amide bonds. The van der Waals surface area contributed by atoms with Gasteiger partial charge >= 0.3 is 0 Å². The number of hydrogen-bond acceptors (Lipinski definition) is 2. The summed E-state index contributed by atoms with van der Waals surface area (Å²) in [6.07, 6.45) is 1.49. The molecule has 0 saturated heterocycles. The molecule has 1 heterocycles. The summed E-state index contributed by atoms with van der Waals surface area (Å²) in [5.74, 6) is -0.778. The number of benzene rings is 2. The number of nitrogens with one attached hydrogen (secondary N) is 1. The maximum atomic E-state index is 13.6. The van der Waals surface area contributed by atoms with Gasteiger partial charge in [0.15, 0.2) is 0 Å². The number of aromatic nitrogens is 1. The van der Waals surface area contributed by atoms with Crippen molar-refractivity contribution >= 4 is 22.5 Å². The number of hydrogen-bond donors (Lipinski definition) is 1. The van der Waals surface area contributed by atoms with Crippen LogP contribution in [-0.2, 0) is 7.05 Å². The first-order chi connectivity index (χ1) is 12.3. The molecule has 0 unspecified atom stereocenters. The summed E-state index contributed by atoms with van der Waals surface area (Å²) in [6, 6.07) is 9.81. The molecule has 0 spiro atoms. The Balaban J connectivity index is 2.10. The molecular weight excluding hydrogens is 331 g/mol. The molecule has 0 atom stereocenters. The average Bonchev–Trinajstić information content (AvgIpc) is 2.59. The molecule has 2 aromatic carbocycles. The van der Waals surface area contributed by atoms with Crippen molar-refractivity contribution in [1.82, 2.24) is 4.57 Å². The number of amides is 1. The highest BCUT2D eigenvalue weighted by Gasteiger charge is 2.18. The van der Waals surface area contributed by atoms with Gasteiger partial charge in [-0.25, -0.2) is 4.39 Å². The van der Waals surface area contributed by atoms with E-state index in [0.29, 0.717) is 11.2 Å². The van der Waals surface area contributed by atoms with E-state index in [-0.39, 0.29) is 16.9 Å². The topological polar surface area (TPSA) is 51.1 Å². The van der Waals surface area contributed by atoms with E-state index < -0.39 is 17.2 Å². The molecule has 26 heavy (non-hydrogen) atoms. The Morgan fingerprint density at radius 3 is 2.62 bits per heavy atom. The van der Waals surface area contributed by atoms with E-state index in [9.17, 15) is 14.0 Å². The predicted molar refractivity (Wildman–Crippen MR) is 102 cm³/mol. The van der Waals surface area contributed by atoms with Crippen LogP contribution in [0.25, 0.3) is 10.9 Å². The van der Waals surface area contributed by atoms with Crippen molar-refractivity contribution < 1.29 is 9.18 Å². The lowest BCUT2D eigenvalue weighted by atomic mass is 9.98. The maximum Gasteiger partial charge on any atom is 0.261 e. The minimum Gasteiger partial charge on any atom is -0.350 e. The normalized spacial score (nSPS) is 11.2. The summed E-state index contributed by atoms with van der Waals surface area (Å²) in [5.41, 5.74) is 2.73. The largest absolute Gasteiger partial charge is 0.350 e. The van der Waals surface area contributed by atoms with Crippen LogP contribution in [0.1, 0.15) is 41.3 Å². The lowest BCUT2D eigenvalue weighted by Gasteiger charge is -2.17. The number of nitrogens with zero attached hydrogens (tertiary/aromatic N) is 1. The Bertz CT molecular complexity index is 1070. The number of carbonyl (C=O) groups is 1. The van der Waals surface area contributed by atoms with Crippen molar-refractivity contribution in [2.75, 3.05) is 5.32 Å². The molecule has 5 heteroatoms. The standard InChI is InChI=1S/C21H21FN2O2/c1-12(2)15-7-5-6-13(3)19(15)23-21(26)17-11-24(4)18-9-8-14(22)10-16(18)20(17)25/h5-12H,1-4H3,(H,23,26). The van der Waals surface area contributed by atoms with Gasteiger partial charge in [-0.2, -0.15) is 0 Å². The van der Waals surface area contributed by atoms with Crippen LogP contribution in [0.5, 0.6) is 0 Å². The maximum absolute atomic E-state index is 13.6. The quantitative estimate of drug-likeness (QED) is 0.761. The van der Waals surface area contributed by atoms with E-state index in [1.165, 1.54) is 24.4 Å². The number of para-hydroxylation sites is 1. The first kappa shape index (κ1) is 17.9. The molecule has 0 aliphatic heterocycles. The number of anilines is 1. The smallest absolute Gasteiger partial charge is 0.261 e. The molecule has 1 aromatic heterocycles. The van der Waals surface area contributed by atoms with Gasteiger partial charge in [0, 0.05) is 24.3 Å². The fraction of sp³-hybridized carbons (Fsp3) is 0.238. The summed E-state index contributed by atoms with van der Waals surface area (Å²) in [4.78, 5) is 25.6. The Kier molecular flexibility index (Phi) is 4.64. The second-order valence-corrected chi connectivity index (χ2v) is 6.79. The molecule has 0 aliphatic carbocycles. The van der Waals surface area contributed by atoms with Crippen molar-refractivity contribution in [3.8, 4) is 0 Å². The number of fused-ring (bicyclic) bond motifs is 1. The highest BCUT2D eigenvalue weighted by molar-refractivity contribution is 6.06. The van der Waals surface area contributed by atoms with E-state index in [1.54, 1.807) is 11.6 Å². The Labute approximate surface area is 151 Å². The zero-order valence-electron chi connectivity index (χ0n) is 15.3. The van der Waals surface area contributed by atoms with Gasteiger partial charge in [0.1, 0.15) is 11.4 Å². The SMILES string of the molecule is Cc1cccc(C(C)C)c1NC(=O)c1cn(C)c2ccc(F)cc2c1=O. The van der Waals surface area contributed by atoms with Crippen LogP contribution in [0.2, 0.25) is 0 Å². The van der Waals surface area contributed by atoms with Crippen LogP contribution in [0.15, 0.2) is 47.4 Å². The molecule has 0 bridgehead atoms. The summed E-state index contributed by atoms with van der Waals surface area (Å²) < 4.78 is 15.2. The summed E-state index contributed by atoms with van der Waals surface area (Å²) in [7, 11) is 1.73. The fourth-order valence-corrected chi connectivity index (χ4v) is 3.15. The van der Waals surface area contributed by atoms with Crippen LogP contribution in [0, 0.1) is 12.7 Å². The third kappa shape index (κ3) is 3.12. The average molecular weight is 352 g/mol. The number of carbonyl (C=O) groups excluding carboxylic acids is 1. The molecule has 4 nitrogen and oxygen atoms in total. The van der Waals surface area contributed by atoms with Crippen LogP contribution in [0.3, 0.4) is 0 Å². The third-order valence-electron chi connectivity index (χ3n) is 4.56. The number of rotatable bonds is 3. The minimum atomic E-state index is -0.506. The number of pyridine rings is 1. The van der Waals surface area contributed by atoms with E-state index >= 15 is 0 Å². The molecule has 3 rings (SSSR count). The first-order valence-corrected chi connectivity index (χ1v) is 8.49. The van der Waals surface area contributed by atoms with Gasteiger partial charge in [-0.15, -0.1) is 0 Å². The molecule has 3 aromatic rings. The van der Waals surface area contributed by atoms with Crippen LogP contribution in [-0.4, -0.2) is 10.5 Å². The highest BCUT2D eigenvalue weighted by Crippen LogP contribution is 2.27. The Morgan fingerprint density at radius 2 is 1.92 bits per heavy atom. The molecule has 0 saturated carbocycles. The molecular formula is C21H21FN2O2. The molecule has 1 N–H and O–H groups in total. The molecule has 0 radical (unpaired) electrons. The van der Waals surface area contributed by atoms with Gasteiger partial charge < -0.3 is 9.88 Å². The Morgan fingerprint density at radius 1 is 1.19 bits per heavy atom. The van der Waals surface area contributed by atoms with Gasteiger partial charge in [0.25, 0.3) is 5.91 Å². The first-order valence-electron chi connectivity index (χ1n) is 8.49. The summed E-state index contributed by atoms with van der Waals surface area (Å²) in [5, 5.41) is 3.07. The van der Waals surface area contributed by atoms with Gasteiger partial charge in [0.2, 0.25) is 5.43 Å². The van der Waals surface area contributed by atoms with Crippen LogP contribution in [0.4, 0.5) is 10.1 Å². The van der Waals surface area contributed by atoms with Crippen molar-refractivity contribution in [3.63, 3.8) is 0 Å². The van der Waals surface area contributed by atoms with Gasteiger partial charge in [-0.3, -0.25) is 9.59 Å². The third-order valence-corrected chi connectivity index (χ3v) is 4.56. The molecule has 0 fully saturated rings. The van der Waals surface area contributed by atoms with Crippen molar-refractivity contribution in [1.29, 1.82) is 0 Å². The zero-order chi connectivity index (χ0) is 19.0. The minimum absolute atomic E-state index is 0.0106.